The van der Waals surface area contributed by atoms with Gasteiger partial charge in [-0.05, 0) is 50.3 Å². The van der Waals surface area contributed by atoms with Gasteiger partial charge in [0.2, 0.25) is 5.91 Å². The summed E-state index contributed by atoms with van der Waals surface area (Å²) in [7, 11) is 0. The molecule has 2 aliphatic rings. The lowest BCUT2D eigenvalue weighted by Gasteiger charge is -2.31. The topological polar surface area (TPSA) is 60.2 Å². The summed E-state index contributed by atoms with van der Waals surface area (Å²) in [5, 5.41) is 4.39. The summed E-state index contributed by atoms with van der Waals surface area (Å²) in [6, 6.07) is 5.77. The van der Waals surface area contributed by atoms with E-state index in [1.54, 1.807) is 12.4 Å². The van der Waals surface area contributed by atoms with Crippen LogP contribution in [0.4, 0.5) is 0 Å². The highest BCUT2D eigenvalue weighted by molar-refractivity contribution is 5.93. The highest BCUT2D eigenvalue weighted by atomic mass is 16.5. The predicted molar refractivity (Wildman–Crippen MR) is 97.5 cm³/mol. The van der Waals surface area contributed by atoms with Crippen molar-refractivity contribution in [1.82, 2.24) is 19.7 Å². The molecule has 26 heavy (non-hydrogen) atoms. The van der Waals surface area contributed by atoms with Gasteiger partial charge in [0.25, 0.3) is 0 Å². The molecule has 1 unspecified atom stereocenters. The molecule has 0 spiro atoms. The molecule has 1 atom stereocenters. The van der Waals surface area contributed by atoms with Gasteiger partial charge in [-0.1, -0.05) is 6.08 Å². The van der Waals surface area contributed by atoms with Gasteiger partial charge >= 0.3 is 0 Å². The maximum atomic E-state index is 13.2. The lowest BCUT2D eigenvalue weighted by Crippen LogP contribution is -2.43. The lowest BCUT2D eigenvalue weighted by molar-refractivity contribution is -0.131. The van der Waals surface area contributed by atoms with Crippen LogP contribution in [0.25, 0.3) is 0 Å². The van der Waals surface area contributed by atoms with E-state index in [1.165, 1.54) is 6.42 Å². The number of hydrogen-bond donors (Lipinski definition) is 0. The Balaban J connectivity index is 1.54. The molecule has 1 aliphatic carbocycles. The number of aromatic nitrogens is 3. The summed E-state index contributed by atoms with van der Waals surface area (Å²) in [6.07, 6.45) is 12.3. The van der Waals surface area contributed by atoms with Crippen LogP contribution in [-0.2, 0) is 17.9 Å². The molecular weight excluding hydrogens is 328 g/mol. The number of ether oxygens (including phenoxy) is 1. The third-order valence-electron chi connectivity index (χ3n) is 5.16. The van der Waals surface area contributed by atoms with E-state index >= 15 is 0 Å². The zero-order valence-electron chi connectivity index (χ0n) is 14.9. The first kappa shape index (κ1) is 16.8. The fourth-order valence-electron chi connectivity index (χ4n) is 3.68. The van der Waals surface area contributed by atoms with Crippen LogP contribution in [0.2, 0.25) is 0 Å². The predicted octanol–water partition coefficient (Wildman–Crippen LogP) is 2.96. The number of carbonyl (C=O) groups is 1. The molecule has 0 saturated heterocycles. The van der Waals surface area contributed by atoms with E-state index < -0.39 is 0 Å². The molecule has 0 aromatic carbocycles. The molecule has 1 amide bonds. The van der Waals surface area contributed by atoms with Crippen LogP contribution in [-0.4, -0.2) is 38.2 Å². The average Bonchev–Trinajstić information content (AvgIpc) is 3.07. The summed E-state index contributed by atoms with van der Waals surface area (Å²) in [5.74, 6) is 0.887. The van der Waals surface area contributed by atoms with Crippen LogP contribution in [0, 0.1) is 0 Å². The minimum absolute atomic E-state index is 0.0206. The molecule has 0 N–H and O–H groups in total. The van der Waals surface area contributed by atoms with Crippen molar-refractivity contribution in [2.24, 2.45) is 0 Å². The Morgan fingerprint density at radius 2 is 2.23 bits per heavy atom. The zero-order chi connectivity index (χ0) is 17.8. The summed E-state index contributed by atoms with van der Waals surface area (Å²) >= 11 is 0. The van der Waals surface area contributed by atoms with Crippen LogP contribution in [0.15, 0.2) is 48.4 Å². The van der Waals surface area contributed by atoms with E-state index in [2.05, 4.69) is 16.2 Å². The molecule has 1 aliphatic heterocycles. The van der Waals surface area contributed by atoms with Crippen LogP contribution in [0.3, 0.4) is 0 Å². The summed E-state index contributed by atoms with van der Waals surface area (Å²) in [4.78, 5) is 19.3. The smallest absolute Gasteiger partial charge is 0.250 e. The summed E-state index contributed by atoms with van der Waals surface area (Å²) in [6.45, 7) is 1.85. The number of amides is 1. The van der Waals surface area contributed by atoms with Gasteiger partial charge in [0.1, 0.15) is 12.4 Å². The molecule has 0 radical (unpaired) electrons. The number of fused-ring (bicyclic) bond motifs is 1. The van der Waals surface area contributed by atoms with Crippen molar-refractivity contribution in [1.29, 1.82) is 0 Å². The standard InChI is InChI=1S/C20H24N4O2/c25-20(16-5-2-1-3-6-16)23-14-17-8-11-22-24(17)12-9-18(23)15-26-19-7-4-10-21-13-19/h4-5,7-8,10-11,13,18H,1-3,6,9,12,14-15H2. The van der Waals surface area contributed by atoms with Crippen LogP contribution < -0.4 is 4.74 Å². The fourth-order valence-corrected chi connectivity index (χ4v) is 3.68. The number of carbonyl (C=O) groups excluding carboxylic acids is 1. The fraction of sp³-hybridized carbons (Fsp3) is 0.450. The zero-order valence-corrected chi connectivity index (χ0v) is 14.9. The molecule has 0 bridgehead atoms. The quantitative estimate of drug-likeness (QED) is 0.849. The Bertz CT molecular complexity index is 784. The monoisotopic (exact) mass is 352 g/mol. The number of hydrogen-bond acceptors (Lipinski definition) is 4. The van der Waals surface area contributed by atoms with E-state index in [0.29, 0.717) is 13.2 Å². The first-order valence-corrected chi connectivity index (χ1v) is 9.35. The number of pyridine rings is 1. The molecule has 0 fully saturated rings. The maximum absolute atomic E-state index is 13.2. The van der Waals surface area contributed by atoms with Crippen molar-refractivity contribution in [2.75, 3.05) is 6.61 Å². The van der Waals surface area contributed by atoms with Gasteiger partial charge in [0.15, 0.2) is 0 Å². The molecule has 136 valence electrons. The van der Waals surface area contributed by atoms with Crippen molar-refractivity contribution >= 4 is 5.91 Å². The van der Waals surface area contributed by atoms with Crippen LogP contribution >= 0.6 is 0 Å². The van der Waals surface area contributed by atoms with Crippen molar-refractivity contribution in [3.05, 3.63) is 54.1 Å². The molecule has 0 saturated carbocycles. The third kappa shape index (κ3) is 3.64. The van der Waals surface area contributed by atoms with E-state index in [-0.39, 0.29) is 11.9 Å². The van der Waals surface area contributed by atoms with Crippen molar-refractivity contribution in [3.63, 3.8) is 0 Å². The van der Waals surface area contributed by atoms with Gasteiger partial charge in [0, 0.05) is 24.5 Å². The second kappa shape index (κ2) is 7.72. The van der Waals surface area contributed by atoms with Crippen LogP contribution in [0.5, 0.6) is 5.75 Å². The number of rotatable bonds is 4. The Kier molecular flexibility index (Phi) is 5.00. The Morgan fingerprint density at radius 1 is 1.27 bits per heavy atom. The number of nitrogens with zero attached hydrogens (tertiary/aromatic N) is 4. The SMILES string of the molecule is O=C(C1=CCCCC1)N1Cc2ccnn2CCC1COc1cccnc1. The minimum atomic E-state index is 0.0206. The van der Waals surface area contributed by atoms with E-state index in [0.717, 1.165) is 49.2 Å². The van der Waals surface area contributed by atoms with Crippen molar-refractivity contribution < 1.29 is 9.53 Å². The van der Waals surface area contributed by atoms with Crippen LogP contribution in [0.1, 0.15) is 37.8 Å². The average molecular weight is 352 g/mol. The maximum Gasteiger partial charge on any atom is 0.250 e. The highest BCUT2D eigenvalue weighted by Gasteiger charge is 2.30. The molecule has 6 nitrogen and oxygen atoms in total. The second-order valence-electron chi connectivity index (χ2n) is 6.90. The van der Waals surface area contributed by atoms with E-state index in [9.17, 15) is 4.79 Å². The molecule has 2 aromatic heterocycles. The Labute approximate surface area is 153 Å². The molecule has 4 rings (SSSR count). The molecule has 3 heterocycles. The van der Waals surface area contributed by atoms with Gasteiger partial charge in [-0.2, -0.15) is 5.10 Å². The largest absolute Gasteiger partial charge is 0.490 e. The van der Waals surface area contributed by atoms with E-state index in [1.807, 2.05) is 34.0 Å². The van der Waals surface area contributed by atoms with Gasteiger partial charge in [-0.25, -0.2) is 0 Å². The van der Waals surface area contributed by atoms with Crippen molar-refractivity contribution in [3.8, 4) is 5.75 Å². The third-order valence-corrected chi connectivity index (χ3v) is 5.16. The highest BCUT2D eigenvalue weighted by Crippen LogP contribution is 2.25. The Morgan fingerprint density at radius 3 is 3.04 bits per heavy atom. The summed E-state index contributed by atoms with van der Waals surface area (Å²) < 4.78 is 7.94. The number of allylic oxidation sites excluding steroid dienone is 1. The Hall–Kier alpha value is -2.63. The lowest BCUT2D eigenvalue weighted by atomic mass is 9.98. The molecule has 6 heteroatoms. The summed E-state index contributed by atoms with van der Waals surface area (Å²) in [5.41, 5.74) is 2.04. The minimum Gasteiger partial charge on any atom is -0.490 e. The van der Waals surface area contributed by atoms with Gasteiger partial charge in [-0.3, -0.25) is 14.5 Å². The van der Waals surface area contributed by atoms with Gasteiger partial charge < -0.3 is 9.64 Å². The second-order valence-corrected chi connectivity index (χ2v) is 6.90. The first-order chi connectivity index (χ1) is 12.8. The molecular formula is C20H24N4O2. The van der Waals surface area contributed by atoms with E-state index in [4.69, 9.17) is 4.74 Å². The van der Waals surface area contributed by atoms with Gasteiger partial charge in [-0.15, -0.1) is 0 Å². The van der Waals surface area contributed by atoms with Gasteiger partial charge in [0.05, 0.1) is 24.5 Å². The normalized spacial score (nSPS) is 20.1. The number of aryl methyl sites for hydroxylation is 1. The first-order valence-electron chi connectivity index (χ1n) is 9.35. The molecule has 2 aromatic rings. The van der Waals surface area contributed by atoms with Crippen molar-refractivity contribution in [2.45, 2.75) is 51.2 Å².